The zero-order valence-electron chi connectivity index (χ0n) is 11.4. The fourth-order valence-electron chi connectivity index (χ4n) is 2.03. The van der Waals surface area contributed by atoms with E-state index in [0.717, 1.165) is 4.47 Å². The average molecular weight is 392 g/mol. The van der Waals surface area contributed by atoms with Crippen molar-refractivity contribution in [2.75, 3.05) is 14.2 Å². The Kier molecular flexibility index (Phi) is 5.38. The van der Waals surface area contributed by atoms with Gasteiger partial charge in [0.15, 0.2) is 0 Å². The first-order valence-electron chi connectivity index (χ1n) is 6.03. The van der Waals surface area contributed by atoms with Crippen LogP contribution in [0.5, 0.6) is 11.5 Å². The molecule has 0 radical (unpaired) electrons. The van der Waals surface area contributed by atoms with E-state index in [9.17, 15) is 5.11 Å². The topological polar surface area (TPSA) is 38.7 Å². The Morgan fingerprint density at radius 1 is 1.05 bits per heavy atom. The van der Waals surface area contributed by atoms with Crippen molar-refractivity contribution in [1.82, 2.24) is 0 Å². The van der Waals surface area contributed by atoms with Gasteiger partial charge in [0.05, 0.1) is 14.2 Å². The van der Waals surface area contributed by atoms with Crippen molar-refractivity contribution >= 4 is 39.1 Å². The van der Waals surface area contributed by atoms with Crippen molar-refractivity contribution < 1.29 is 14.6 Å². The van der Waals surface area contributed by atoms with E-state index in [1.165, 1.54) is 14.2 Å². The summed E-state index contributed by atoms with van der Waals surface area (Å²) < 4.78 is 11.3. The molecule has 0 aliphatic heterocycles. The summed E-state index contributed by atoms with van der Waals surface area (Å²) >= 11 is 15.7. The molecule has 0 aliphatic rings. The molecule has 112 valence electrons. The van der Waals surface area contributed by atoms with Crippen molar-refractivity contribution in [2.24, 2.45) is 0 Å². The van der Waals surface area contributed by atoms with Crippen LogP contribution in [0.4, 0.5) is 0 Å². The monoisotopic (exact) mass is 390 g/mol. The largest absolute Gasteiger partial charge is 0.495 e. The van der Waals surface area contributed by atoms with Crippen molar-refractivity contribution in [2.45, 2.75) is 6.10 Å². The van der Waals surface area contributed by atoms with Crippen LogP contribution in [0.2, 0.25) is 10.0 Å². The molecule has 0 bridgehead atoms. The molecule has 2 aromatic carbocycles. The smallest absolute Gasteiger partial charge is 0.147 e. The molecular weight excluding hydrogens is 379 g/mol. The molecule has 1 unspecified atom stereocenters. The van der Waals surface area contributed by atoms with E-state index in [4.69, 9.17) is 32.7 Å². The van der Waals surface area contributed by atoms with E-state index in [1.807, 2.05) is 0 Å². The Hall–Kier alpha value is -0.940. The van der Waals surface area contributed by atoms with Gasteiger partial charge in [-0.2, -0.15) is 0 Å². The Bertz CT molecular complexity index is 662. The van der Waals surface area contributed by atoms with Gasteiger partial charge in [-0.15, -0.1) is 0 Å². The molecular formula is C15H13BrCl2O3. The summed E-state index contributed by atoms with van der Waals surface area (Å²) in [4.78, 5) is 0. The summed E-state index contributed by atoms with van der Waals surface area (Å²) in [6, 6.07) is 8.64. The van der Waals surface area contributed by atoms with Gasteiger partial charge in [0, 0.05) is 20.6 Å². The number of halogens is 3. The molecule has 0 amide bonds. The molecule has 21 heavy (non-hydrogen) atoms. The van der Waals surface area contributed by atoms with Gasteiger partial charge in [0.2, 0.25) is 0 Å². The van der Waals surface area contributed by atoms with Crippen LogP contribution in [0, 0.1) is 0 Å². The van der Waals surface area contributed by atoms with E-state index < -0.39 is 6.10 Å². The molecule has 1 atom stereocenters. The number of hydrogen-bond acceptors (Lipinski definition) is 3. The predicted octanol–water partition coefficient (Wildman–Crippen LogP) is 4.85. The Balaban J connectivity index is 2.55. The maximum Gasteiger partial charge on any atom is 0.147 e. The number of ether oxygens (including phenoxy) is 2. The molecule has 0 aromatic heterocycles. The summed E-state index contributed by atoms with van der Waals surface area (Å²) in [6.07, 6.45) is -0.964. The number of rotatable bonds is 4. The van der Waals surface area contributed by atoms with Gasteiger partial charge < -0.3 is 14.6 Å². The van der Waals surface area contributed by atoms with Crippen molar-refractivity contribution in [3.63, 3.8) is 0 Å². The van der Waals surface area contributed by atoms with Crippen LogP contribution in [0.15, 0.2) is 34.8 Å². The third kappa shape index (κ3) is 3.29. The quantitative estimate of drug-likeness (QED) is 0.809. The maximum absolute atomic E-state index is 10.6. The highest BCUT2D eigenvalue weighted by atomic mass is 79.9. The van der Waals surface area contributed by atoms with E-state index in [0.29, 0.717) is 32.7 Å². The Morgan fingerprint density at radius 2 is 1.76 bits per heavy atom. The van der Waals surface area contributed by atoms with Gasteiger partial charge >= 0.3 is 0 Å². The van der Waals surface area contributed by atoms with E-state index in [-0.39, 0.29) is 0 Å². The second-order valence-electron chi connectivity index (χ2n) is 4.27. The molecule has 3 nitrogen and oxygen atoms in total. The summed E-state index contributed by atoms with van der Waals surface area (Å²) in [7, 11) is 3.00. The molecule has 0 saturated heterocycles. The van der Waals surface area contributed by atoms with Crippen molar-refractivity contribution in [3.8, 4) is 11.5 Å². The first-order chi connectivity index (χ1) is 9.99. The fraction of sp³-hybridized carbons (Fsp3) is 0.200. The molecule has 0 aliphatic carbocycles. The highest BCUT2D eigenvalue weighted by Gasteiger charge is 2.22. The van der Waals surface area contributed by atoms with Crippen LogP contribution in [0.25, 0.3) is 0 Å². The van der Waals surface area contributed by atoms with Crippen LogP contribution < -0.4 is 9.47 Å². The molecule has 1 N–H and O–H groups in total. The lowest BCUT2D eigenvalue weighted by atomic mass is 10.0. The average Bonchev–Trinajstić information content (AvgIpc) is 2.48. The first kappa shape index (κ1) is 16.4. The van der Waals surface area contributed by atoms with Crippen LogP contribution in [0.1, 0.15) is 17.2 Å². The van der Waals surface area contributed by atoms with Crippen LogP contribution in [-0.4, -0.2) is 19.3 Å². The van der Waals surface area contributed by atoms with Gasteiger partial charge in [-0.3, -0.25) is 0 Å². The molecule has 6 heteroatoms. The number of aliphatic hydroxyl groups excluding tert-OH is 1. The molecule has 0 fully saturated rings. The van der Waals surface area contributed by atoms with Gasteiger partial charge in [-0.1, -0.05) is 39.1 Å². The van der Waals surface area contributed by atoms with E-state index >= 15 is 0 Å². The summed E-state index contributed by atoms with van der Waals surface area (Å²) in [5, 5.41) is 11.4. The fourth-order valence-corrected chi connectivity index (χ4v) is 2.95. The van der Waals surface area contributed by atoms with Gasteiger partial charge in [0.25, 0.3) is 0 Å². The number of methoxy groups -OCH3 is 2. The standard InChI is InChI=1S/C15H13BrCl2O3/c1-20-12-6-4-9(15(21-2)13(12)18)14(19)10-7-8(16)3-5-11(10)17/h3-7,14,19H,1-2H3. The lowest BCUT2D eigenvalue weighted by Crippen LogP contribution is -2.04. The van der Waals surface area contributed by atoms with Crippen LogP contribution >= 0.6 is 39.1 Å². The number of benzene rings is 2. The highest BCUT2D eigenvalue weighted by molar-refractivity contribution is 9.10. The molecule has 0 heterocycles. The minimum absolute atomic E-state index is 0.308. The summed E-state index contributed by atoms with van der Waals surface area (Å²) in [6.45, 7) is 0. The lowest BCUT2D eigenvalue weighted by Gasteiger charge is -2.18. The van der Waals surface area contributed by atoms with E-state index in [2.05, 4.69) is 15.9 Å². The first-order valence-corrected chi connectivity index (χ1v) is 7.57. The Labute approximate surface area is 141 Å². The SMILES string of the molecule is COc1ccc(C(O)c2cc(Br)ccc2Cl)c(OC)c1Cl. The Morgan fingerprint density at radius 3 is 2.38 bits per heavy atom. The molecule has 2 aromatic rings. The molecule has 0 spiro atoms. The highest BCUT2D eigenvalue weighted by Crippen LogP contribution is 2.42. The number of hydrogen-bond donors (Lipinski definition) is 1. The van der Waals surface area contributed by atoms with Crippen molar-refractivity contribution in [3.05, 3.63) is 56.0 Å². The van der Waals surface area contributed by atoms with E-state index in [1.54, 1.807) is 30.3 Å². The minimum Gasteiger partial charge on any atom is -0.495 e. The summed E-state index contributed by atoms with van der Waals surface area (Å²) in [5.41, 5.74) is 1.08. The third-order valence-electron chi connectivity index (χ3n) is 3.06. The van der Waals surface area contributed by atoms with Gasteiger partial charge in [0.1, 0.15) is 22.6 Å². The molecule has 0 saturated carbocycles. The second kappa shape index (κ2) is 6.88. The lowest BCUT2D eigenvalue weighted by molar-refractivity contribution is 0.214. The minimum atomic E-state index is -0.964. The third-order valence-corrected chi connectivity index (χ3v) is 4.26. The number of aliphatic hydroxyl groups is 1. The van der Waals surface area contributed by atoms with Gasteiger partial charge in [-0.25, -0.2) is 0 Å². The summed E-state index contributed by atoms with van der Waals surface area (Å²) in [5.74, 6) is 0.837. The van der Waals surface area contributed by atoms with Gasteiger partial charge in [-0.05, 0) is 30.3 Å². The van der Waals surface area contributed by atoms with Crippen molar-refractivity contribution in [1.29, 1.82) is 0 Å². The predicted molar refractivity (Wildman–Crippen MR) is 87.8 cm³/mol. The van der Waals surface area contributed by atoms with Crippen LogP contribution in [0.3, 0.4) is 0 Å². The normalized spacial score (nSPS) is 12.1. The second-order valence-corrected chi connectivity index (χ2v) is 5.97. The zero-order valence-corrected chi connectivity index (χ0v) is 14.5. The molecule has 2 rings (SSSR count). The zero-order chi connectivity index (χ0) is 15.6. The van der Waals surface area contributed by atoms with Crippen LogP contribution in [-0.2, 0) is 0 Å². The maximum atomic E-state index is 10.6.